The first-order valence-corrected chi connectivity index (χ1v) is 16.0. The molecule has 3 fully saturated rings. The summed E-state index contributed by atoms with van der Waals surface area (Å²) in [5.41, 5.74) is -0.143. The number of fused-ring (bicyclic) bond motifs is 5. The van der Waals surface area contributed by atoms with Gasteiger partial charge in [-0.05, 0) is 58.4 Å². The van der Waals surface area contributed by atoms with Gasteiger partial charge in [0.25, 0.3) is 10.1 Å². The highest BCUT2D eigenvalue weighted by Crippen LogP contribution is 2.64. The van der Waals surface area contributed by atoms with E-state index in [4.69, 9.17) is 9.29 Å². The SMILES string of the molecule is CC1(C)[C@H]2CC[C@]1(CS(=O)(=O)O)C(=O)C2.COCN1CC2(Cc3c1ccc1ccccc31)C(=O)CC(C)(C)CC2=O. The van der Waals surface area contributed by atoms with E-state index in [1.807, 2.05) is 39.8 Å². The number of carbonyl (C=O) groups is 3. The monoisotopic (exact) mass is 583 g/mol. The summed E-state index contributed by atoms with van der Waals surface area (Å²) < 4.78 is 36.4. The molecule has 3 saturated carbocycles. The molecule has 0 amide bonds. The number of benzene rings is 2. The largest absolute Gasteiger partial charge is 0.364 e. The fourth-order valence-electron chi connectivity index (χ4n) is 8.06. The van der Waals surface area contributed by atoms with E-state index < -0.39 is 26.7 Å². The Morgan fingerprint density at radius 2 is 1.61 bits per heavy atom. The lowest BCUT2D eigenvalue weighted by atomic mass is 9.60. The smallest absolute Gasteiger partial charge is 0.265 e. The van der Waals surface area contributed by atoms with Crippen LogP contribution in [0.25, 0.3) is 10.8 Å². The van der Waals surface area contributed by atoms with E-state index in [1.54, 1.807) is 7.11 Å². The van der Waals surface area contributed by atoms with Crippen molar-refractivity contribution in [2.75, 3.05) is 31.0 Å². The van der Waals surface area contributed by atoms with Crippen LogP contribution in [0.2, 0.25) is 0 Å². The van der Waals surface area contributed by atoms with Crippen LogP contribution in [-0.4, -0.2) is 56.5 Å². The van der Waals surface area contributed by atoms with Crippen LogP contribution in [0.1, 0.15) is 65.4 Å². The standard InChI is InChI=1S/C22H25NO3.C10H16O4S/c1-21(2)11-19(24)22(20(25)12-21)10-17-16-7-5-4-6-15(16)8-9-18(17)23(13-22)14-26-3;1-9(2)7-3-4-10(9,8(11)5-7)6-15(12,13)14/h4-9H,10-14H2,1-3H3;7H,3-6H2,1-2H3,(H,12,13,14)/t;7-,10-/m.0/s1. The van der Waals surface area contributed by atoms with Crippen molar-refractivity contribution in [3.63, 3.8) is 0 Å². The summed E-state index contributed by atoms with van der Waals surface area (Å²) in [6, 6.07) is 12.4. The second-order valence-electron chi connectivity index (χ2n) is 13.9. The minimum Gasteiger partial charge on any atom is -0.364 e. The highest BCUT2D eigenvalue weighted by Gasteiger charge is 2.65. The number of rotatable bonds is 4. The number of ether oxygens (including phenoxy) is 1. The molecule has 2 aromatic carbocycles. The summed E-state index contributed by atoms with van der Waals surface area (Å²) in [6.45, 7) is 8.70. The van der Waals surface area contributed by atoms with Gasteiger partial charge in [-0.2, -0.15) is 8.42 Å². The number of anilines is 1. The summed E-state index contributed by atoms with van der Waals surface area (Å²) in [7, 11) is -2.43. The topological polar surface area (TPSA) is 118 Å². The first kappa shape index (κ1) is 29.9. The molecule has 8 nitrogen and oxygen atoms in total. The van der Waals surface area contributed by atoms with Gasteiger partial charge >= 0.3 is 0 Å². The molecule has 9 heteroatoms. The van der Waals surface area contributed by atoms with Gasteiger partial charge in [-0.3, -0.25) is 18.9 Å². The molecule has 6 rings (SSSR count). The molecule has 0 radical (unpaired) electrons. The average molecular weight is 584 g/mol. The van der Waals surface area contributed by atoms with Crippen molar-refractivity contribution >= 4 is 43.9 Å². The molecule has 2 atom stereocenters. The Kier molecular flexibility index (Phi) is 7.27. The predicted molar refractivity (Wildman–Crippen MR) is 157 cm³/mol. The van der Waals surface area contributed by atoms with Crippen LogP contribution in [0, 0.1) is 27.6 Å². The summed E-state index contributed by atoms with van der Waals surface area (Å²) >= 11 is 0. The van der Waals surface area contributed by atoms with Gasteiger partial charge in [0, 0.05) is 38.6 Å². The van der Waals surface area contributed by atoms with Crippen LogP contribution >= 0.6 is 0 Å². The minimum atomic E-state index is -4.08. The quantitative estimate of drug-likeness (QED) is 0.394. The molecular weight excluding hydrogens is 542 g/mol. The zero-order valence-electron chi connectivity index (χ0n) is 24.7. The zero-order valence-corrected chi connectivity index (χ0v) is 25.5. The van der Waals surface area contributed by atoms with E-state index in [0.29, 0.717) is 45.4 Å². The zero-order chi connectivity index (χ0) is 30.0. The van der Waals surface area contributed by atoms with Gasteiger partial charge in [-0.15, -0.1) is 0 Å². The fourth-order valence-corrected chi connectivity index (χ4v) is 9.37. The summed E-state index contributed by atoms with van der Waals surface area (Å²) in [6.07, 6.45) is 3.39. The molecule has 0 unspecified atom stereocenters. The number of carbonyl (C=O) groups excluding carboxylic acids is 3. The molecule has 0 aromatic heterocycles. The van der Waals surface area contributed by atoms with E-state index in [0.717, 1.165) is 28.4 Å². The highest BCUT2D eigenvalue weighted by molar-refractivity contribution is 7.85. The lowest BCUT2D eigenvalue weighted by Gasteiger charge is -2.47. The molecule has 41 heavy (non-hydrogen) atoms. The van der Waals surface area contributed by atoms with Gasteiger partial charge in [0.1, 0.15) is 29.5 Å². The molecule has 2 aromatic rings. The lowest BCUT2D eigenvalue weighted by Crippen LogP contribution is -2.57. The summed E-state index contributed by atoms with van der Waals surface area (Å²) in [5, 5.41) is 2.26. The van der Waals surface area contributed by atoms with Crippen LogP contribution in [0.5, 0.6) is 0 Å². The normalized spacial score (nSPS) is 27.6. The molecule has 3 aliphatic carbocycles. The molecule has 0 saturated heterocycles. The highest BCUT2D eigenvalue weighted by atomic mass is 32.2. The van der Waals surface area contributed by atoms with E-state index in [1.165, 1.54) is 0 Å². The van der Waals surface area contributed by atoms with E-state index in [9.17, 15) is 22.8 Å². The maximum absolute atomic E-state index is 13.2. The van der Waals surface area contributed by atoms with E-state index in [-0.39, 0.29) is 34.1 Å². The van der Waals surface area contributed by atoms with Crippen molar-refractivity contribution < 1.29 is 32.1 Å². The van der Waals surface area contributed by atoms with Gasteiger partial charge in [0.05, 0.1) is 11.2 Å². The number of Topliss-reactive ketones (excluding diaryl/α,β-unsaturated/α-hetero) is 3. The molecule has 1 N–H and O–H groups in total. The Labute approximate surface area is 242 Å². The summed E-state index contributed by atoms with van der Waals surface area (Å²) in [4.78, 5) is 40.3. The number of methoxy groups -OCH3 is 1. The van der Waals surface area contributed by atoms with Gasteiger partial charge < -0.3 is 9.64 Å². The Morgan fingerprint density at radius 3 is 2.17 bits per heavy atom. The first-order chi connectivity index (χ1) is 19.1. The number of hydrogen-bond donors (Lipinski definition) is 1. The maximum Gasteiger partial charge on any atom is 0.265 e. The van der Waals surface area contributed by atoms with Crippen molar-refractivity contribution in [2.24, 2.45) is 27.6 Å². The van der Waals surface area contributed by atoms with Crippen molar-refractivity contribution in [3.05, 3.63) is 42.0 Å². The average Bonchev–Trinajstić information content (AvgIpc) is 3.21. The van der Waals surface area contributed by atoms with Gasteiger partial charge in [0.2, 0.25) is 0 Å². The molecular formula is C32H41NO7S. The Hall–Kier alpha value is -2.62. The predicted octanol–water partition coefficient (Wildman–Crippen LogP) is 5.02. The fraction of sp³-hybridized carbons (Fsp3) is 0.594. The van der Waals surface area contributed by atoms with E-state index >= 15 is 0 Å². The third-order valence-electron chi connectivity index (χ3n) is 10.5. The van der Waals surface area contributed by atoms with Crippen LogP contribution in [-0.2, 0) is 35.7 Å². The number of ketones is 3. The van der Waals surface area contributed by atoms with Crippen molar-refractivity contribution in [1.82, 2.24) is 0 Å². The van der Waals surface area contributed by atoms with Crippen molar-refractivity contribution in [1.29, 1.82) is 0 Å². The van der Waals surface area contributed by atoms with Crippen LogP contribution in [0.4, 0.5) is 5.69 Å². The molecule has 222 valence electrons. The molecule has 2 bridgehead atoms. The van der Waals surface area contributed by atoms with Crippen LogP contribution in [0.15, 0.2) is 36.4 Å². The van der Waals surface area contributed by atoms with Crippen molar-refractivity contribution in [2.45, 2.75) is 66.2 Å². The molecule has 1 heterocycles. The Morgan fingerprint density at radius 1 is 0.951 bits per heavy atom. The second kappa shape index (κ2) is 9.99. The van der Waals surface area contributed by atoms with Crippen LogP contribution < -0.4 is 4.90 Å². The van der Waals surface area contributed by atoms with Gasteiger partial charge in [-0.25, -0.2) is 0 Å². The van der Waals surface area contributed by atoms with E-state index in [2.05, 4.69) is 29.2 Å². The molecule has 4 aliphatic rings. The number of hydrogen-bond acceptors (Lipinski definition) is 7. The lowest BCUT2D eigenvalue weighted by molar-refractivity contribution is -0.148. The number of nitrogens with zero attached hydrogens (tertiary/aromatic N) is 1. The summed E-state index contributed by atoms with van der Waals surface area (Å²) in [5.74, 6) is 0.0625. The van der Waals surface area contributed by atoms with Gasteiger partial charge in [0.15, 0.2) is 0 Å². The molecule has 1 spiro atoms. The third kappa shape index (κ3) is 4.93. The second-order valence-corrected chi connectivity index (χ2v) is 15.4. The maximum atomic E-state index is 13.2. The Bertz CT molecular complexity index is 1510. The first-order valence-electron chi connectivity index (χ1n) is 14.3. The van der Waals surface area contributed by atoms with Crippen molar-refractivity contribution in [3.8, 4) is 0 Å². The Balaban J connectivity index is 0.000000191. The third-order valence-corrected chi connectivity index (χ3v) is 11.4. The van der Waals surface area contributed by atoms with Crippen LogP contribution in [0.3, 0.4) is 0 Å². The van der Waals surface area contributed by atoms with Gasteiger partial charge in [-0.1, -0.05) is 58.0 Å². The minimum absolute atomic E-state index is 0.0152. The molecule has 1 aliphatic heterocycles.